The summed E-state index contributed by atoms with van der Waals surface area (Å²) in [4.78, 5) is 22.9. The molecule has 0 unspecified atom stereocenters. The molecule has 17 heavy (non-hydrogen) atoms. The lowest BCUT2D eigenvalue weighted by Crippen LogP contribution is -2.39. The molecule has 0 aromatic heterocycles. The van der Waals surface area contributed by atoms with Crippen molar-refractivity contribution in [2.75, 3.05) is 6.54 Å². The Kier molecular flexibility index (Phi) is 5.73. The molecule has 4 heteroatoms. The summed E-state index contributed by atoms with van der Waals surface area (Å²) in [5.74, 6) is -1.95. The van der Waals surface area contributed by atoms with Crippen molar-refractivity contribution in [2.24, 2.45) is 11.8 Å². The average Bonchev–Trinajstić information content (AvgIpc) is 2.34. The quantitative estimate of drug-likeness (QED) is 0.550. The van der Waals surface area contributed by atoms with Crippen LogP contribution in [0.3, 0.4) is 0 Å². The molecule has 0 saturated carbocycles. The van der Waals surface area contributed by atoms with Crippen molar-refractivity contribution in [3.05, 3.63) is 12.2 Å². The number of hydrogen-bond donors (Lipinski definition) is 2. The third-order valence-corrected chi connectivity index (χ3v) is 3.17. The number of carbonyl (C=O) groups excluding carboxylic acids is 1. The lowest BCUT2D eigenvalue weighted by atomic mass is 9.82. The summed E-state index contributed by atoms with van der Waals surface area (Å²) >= 11 is 0. The normalized spacial score (nSPS) is 23.4. The largest absolute Gasteiger partial charge is 0.481 e. The molecule has 1 aliphatic carbocycles. The molecule has 0 aromatic rings. The Morgan fingerprint density at radius 1 is 1.24 bits per heavy atom. The summed E-state index contributed by atoms with van der Waals surface area (Å²) in [5.41, 5.74) is 0. The van der Waals surface area contributed by atoms with E-state index in [1.54, 1.807) is 0 Å². The van der Waals surface area contributed by atoms with Crippen molar-refractivity contribution in [3.8, 4) is 0 Å². The number of aliphatic carboxylic acids is 1. The van der Waals surface area contributed by atoms with Gasteiger partial charge in [0.1, 0.15) is 0 Å². The Morgan fingerprint density at radius 2 is 1.88 bits per heavy atom. The minimum Gasteiger partial charge on any atom is -0.481 e. The summed E-state index contributed by atoms with van der Waals surface area (Å²) in [7, 11) is 0. The maximum Gasteiger partial charge on any atom is 0.307 e. The summed E-state index contributed by atoms with van der Waals surface area (Å²) in [6, 6.07) is 0. The van der Waals surface area contributed by atoms with Gasteiger partial charge in [-0.1, -0.05) is 31.9 Å². The number of unbranched alkanes of at least 4 members (excludes halogenated alkanes) is 2. The van der Waals surface area contributed by atoms with Crippen LogP contribution in [0.25, 0.3) is 0 Å². The topological polar surface area (TPSA) is 66.4 Å². The molecule has 0 heterocycles. The average molecular weight is 239 g/mol. The molecule has 1 rings (SSSR count). The second-order valence-electron chi connectivity index (χ2n) is 4.49. The Labute approximate surface area is 102 Å². The van der Waals surface area contributed by atoms with Crippen LogP contribution in [0, 0.1) is 11.8 Å². The molecular formula is C13H21NO3. The molecular weight excluding hydrogens is 218 g/mol. The van der Waals surface area contributed by atoms with Crippen molar-refractivity contribution in [1.82, 2.24) is 5.32 Å². The highest BCUT2D eigenvalue weighted by molar-refractivity contribution is 5.85. The predicted octanol–water partition coefficient (Wildman–Crippen LogP) is 1.96. The Bertz CT molecular complexity index is 299. The maximum absolute atomic E-state index is 11.9. The molecule has 1 aliphatic rings. The monoisotopic (exact) mass is 239 g/mol. The van der Waals surface area contributed by atoms with E-state index < -0.39 is 17.8 Å². The molecule has 2 atom stereocenters. The first-order chi connectivity index (χ1) is 8.16. The van der Waals surface area contributed by atoms with E-state index in [2.05, 4.69) is 12.2 Å². The van der Waals surface area contributed by atoms with Gasteiger partial charge in [-0.2, -0.15) is 0 Å². The van der Waals surface area contributed by atoms with Crippen molar-refractivity contribution in [3.63, 3.8) is 0 Å². The first kappa shape index (κ1) is 13.7. The molecule has 0 spiro atoms. The number of allylic oxidation sites excluding steroid dienone is 2. The number of nitrogens with one attached hydrogen (secondary N) is 1. The van der Waals surface area contributed by atoms with Crippen LogP contribution in [-0.4, -0.2) is 23.5 Å². The van der Waals surface area contributed by atoms with Gasteiger partial charge in [0.25, 0.3) is 0 Å². The van der Waals surface area contributed by atoms with Crippen molar-refractivity contribution >= 4 is 11.9 Å². The molecule has 0 aliphatic heterocycles. The first-order valence-electron chi connectivity index (χ1n) is 6.32. The fraction of sp³-hybridized carbons (Fsp3) is 0.692. The molecule has 1 amide bonds. The zero-order chi connectivity index (χ0) is 12.7. The molecule has 0 fully saturated rings. The first-order valence-corrected chi connectivity index (χ1v) is 6.32. The van der Waals surface area contributed by atoms with Crippen molar-refractivity contribution in [1.29, 1.82) is 0 Å². The van der Waals surface area contributed by atoms with Gasteiger partial charge >= 0.3 is 5.97 Å². The molecule has 0 saturated heterocycles. The molecule has 0 bridgehead atoms. The van der Waals surface area contributed by atoms with E-state index in [4.69, 9.17) is 5.11 Å². The third kappa shape index (κ3) is 4.21. The van der Waals surface area contributed by atoms with Crippen LogP contribution < -0.4 is 5.32 Å². The number of rotatable bonds is 6. The minimum atomic E-state index is -0.872. The van der Waals surface area contributed by atoms with Crippen LogP contribution in [0.5, 0.6) is 0 Å². The van der Waals surface area contributed by atoms with Gasteiger partial charge in [-0.25, -0.2) is 0 Å². The number of carboxylic acid groups (broad SMARTS) is 1. The third-order valence-electron chi connectivity index (χ3n) is 3.17. The molecule has 2 N–H and O–H groups in total. The van der Waals surface area contributed by atoms with Gasteiger partial charge in [0.2, 0.25) is 5.91 Å². The molecule has 4 nitrogen and oxygen atoms in total. The van der Waals surface area contributed by atoms with E-state index in [9.17, 15) is 9.59 Å². The predicted molar refractivity (Wildman–Crippen MR) is 65.5 cm³/mol. The summed E-state index contributed by atoms with van der Waals surface area (Å²) in [6.07, 6.45) is 7.91. The SMILES string of the molecule is CCCCCNC(=O)[C@@H]1CC=CC[C@H]1C(=O)O. The number of hydrogen-bond acceptors (Lipinski definition) is 2. The lowest BCUT2D eigenvalue weighted by Gasteiger charge is -2.24. The highest BCUT2D eigenvalue weighted by Gasteiger charge is 2.33. The summed E-state index contributed by atoms with van der Waals surface area (Å²) in [5, 5.41) is 11.9. The standard InChI is InChI=1S/C13H21NO3/c1-2-3-6-9-14-12(15)10-7-4-5-8-11(10)13(16)17/h4-5,10-11H,2-3,6-9H2,1H3,(H,14,15)(H,16,17)/t10-,11-/m1/s1. The van der Waals surface area contributed by atoms with E-state index in [0.29, 0.717) is 19.4 Å². The number of carboxylic acids is 1. The minimum absolute atomic E-state index is 0.113. The van der Waals surface area contributed by atoms with Crippen LogP contribution in [0.1, 0.15) is 39.0 Å². The highest BCUT2D eigenvalue weighted by atomic mass is 16.4. The van der Waals surface area contributed by atoms with Crippen molar-refractivity contribution in [2.45, 2.75) is 39.0 Å². The molecule has 0 aromatic carbocycles. The highest BCUT2D eigenvalue weighted by Crippen LogP contribution is 2.25. The van der Waals surface area contributed by atoms with Gasteiger partial charge < -0.3 is 10.4 Å². The van der Waals surface area contributed by atoms with Crippen LogP contribution in [0.4, 0.5) is 0 Å². The van der Waals surface area contributed by atoms with E-state index in [0.717, 1.165) is 19.3 Å². The zero-order valence-electron chi connectivity index (χ0n) is 10.3. The Morgan fingerprint density at radius 3 is 2.47 bits per heavy atom. The van der Waals surface area contributed by atoms with Gasteiger partial charge in [-0.15, -0.1) is 0 Å². The number of amides is 1. The van der Waals surface area contributed by atoms with E-state index >= 15 is 0 Å². The zero-order valence-corrected chi connectivity index (χ0v) is 10.3. The Balaban J connectivity index is 2.43. The molecule has 96 valence electrons. The van der Waals surface area contributed by atoms with E-state index in [1.165, 1.54) is 0 Å². The van der Waals surface area contributed by atoms with Crippen LogP contribution >= 0.6 is 0 Å². The van der Waals surface area contributed by atoms with E-state index in [-0.39, 0.29) is 5.91 Å². The van der Waals surface area contributed by atoms with Gasteiger partial charge in [0.15, 0.2) is 0 Å². The van der Waals surface area contributed by atoms with Crippen molar-refractivity contribution < 1.29 is 14.7 Å². The fourth-order valence-corrected chi connectivity index (χ4v) is 2.09. The summed E-state index contributed by atoms with van der Waals surface area (Å²) in [6.45, 7) is 2.76. The van der Waals surface area contributed by atoms with Crippen LogP contribution in [-0.2, 0) is 9.59 Å². The van der Waals surface area contributed by atoms with E-state index in [1.807, 2.05) is 12.2 Å². The smallest absolute Gasteiger partial charge is 0.307 e. The number of carbonyl (C=O) groups is 2. The van der Waals surface area contributed by atoms with Gasteiger partial charge in [-0.3, -0.25) is 9.59 Å². The fourth-order valence-electron chi connectivity index (χ4n) is 2.09. The van der Waals surface area contributed by atoms with Gasteiger partial charge in [0, 0.05) is 6.54 Å². The second-order valence-corrected chi connectivity index (χ2v) is 4.49. The molecule has 0 radical (unpaired) electrons. The lowest BCUT2D eigenvalue weighted by molar-refractivity contribution is -0.147. The van der Waals surface area contributed by atoms with Gasteiger partial charge in [0.05, 0.1) is 11.8 Å². The van der Waals surface area contributed by atoms with Crippen LogP contribution in [0.15, 0.2) is 12.2 Å². The maximum atomic E-state index is 11.9. The Hall–Kier alpha value is -1.32. The van der Waals surface area contributed by atoms with Gasteiger partial charge in [-0.05, 0) is 19.3 Å². The second kappa shape index (κ2) is 7.09. The van der Waals surface area contributed by atoms with Crippen LogP contribution in [0.2, 0.25) is 0 Å². The summed E-state index contributed by atoms with van der Waals surface area (Å²) < 4.78 is 0.